The summed E-state index contributed by atoms with van der Waals surface area (Å²) in [5.41, 5.74) is 1.07. The normalized spacial score (nSPS) is 29.0. The number of ether oxygens (including phenoxy) is 1. The number of hydrogen-bond acceptors (Lipinski definition) is 3. The predicted molar refractivity (Wildman–Crippen MR) is 63.8 cm³/mol. The molecule has 1 N–H and O–H groups in total. The van der Waals surface area contributed by atoms with E-state index >= 15 is 0 Å². The molecule has 1 fully saturated rings. The van der Waals surface area contributed by atoms with Crippen LogP contribution in [0.25, 0.3) is 0 Å². The van der Waals surface area contributed by atoms with Gasteiger partial charge in [0.25, 0.3) is 0 Å². The fourth-order valence-corrected chi connectivity index (χ4v) is 2.90. The molecule has 94 valence electrons. The molecular weight excluding hydrogens is 216 g/mol. The zero-order valence-electron chi connectivity index (χ0n) is 10.1. The van der Waals surface area contributed by atoms with Gasteiger partial charge in [0.1, 0.15) is 11.9 Å². The Labute approximate surface area is 102 Å². The van der Waals surface area contributed by atoms with E-state index in [1.165, 1.54) is 12.8 Å². The van der Waals surface area contributed by atoms with Crippen molar-refractivity contribution in [3.63, 3.8) is 0 Å². The van der Waals surface area contributed by atoms with Crippen LogP contribution in [0.4, 0.5) is 0 Å². The summed E-state index contributed by atoms with van der Waals surface area (Å²) in [5, 5.41) is 9.37. The largest absolute Gasteiger partial charge is 0.396 e. The van der Waals surface area contributed by atoms with Gasteiger partial charge >= 0.3 is 0 Å². The number of aryl methyl sites for hydroxylation is 1. The number of fused-ring (bicyclic) bond motifs is 1. The van der Waals surface area contributed by atoms with Crippen LogP contribution in [0.3, 0.4) is 0 Å². The van der Waals surface area contributed by atoms with Gasteiger partial charge in [-0.25, -0.2) is 4.98 Å². The third-order valence-electron chi connectivity index (χ3n) is 3.87. The van der Waals surface area contributed by atoms with Crippen molar-refractivity contribution in [1.29, 1.82) is 0 Å². The second-order valence-electron chi connectivity index (χ2n) is 5.09. The van der Waals surface area contributed by atoms with Gasteiger partial charge in [-0.15, -0.1) is 0 Å². The van der Waals surface area contributed by atoms with E-state index in [2.05, 4.69) is 10.8 Å². The first-order valence-electron chi connectivity index (χ1n) is 6.68. The summed E-state index contributed by atoms with van der Waals surface area (Å²) in [6, 6.07) is 0. The lowest BCUT2D eigenvalue weighted by Gasteiger charge is -2.21. The number of rotatable bonds is 2. The fraction of sp³-hybridized carbons (Fsp3) is 0.769. The molecule has 2 aliphatic heterocycles. The van der Waals surface area contributed by atoms with Crippen LogP contribution in [0.5, 0.6) is 0 Å². The third kappa shape index (κ3) is 2.11. The van der Waals surface area contributed by atoms with E-state index in [1.54, 1.807) is 0 Å². The van der Waals surface area contributed by atoms with Gasteiger partial charge < -0.3 is 14.4 Å². The fourth-order valence-electron chi connectivity index (χ4n) is 2.90. The second kappa shape index (κ2) is 4.78. The molecule has 0 aromatic carbocycles. The molecule has 0 saturated carbocycles. The maximum Gasteiger partial charge on any atom is 0.114 e. The van der Waals surface area contributed by atoms with Crippen molar-refractivity contribution < 1.29 is 9.84 Å². The van der Waals surface area contributed by atoms with Crippen LogP contribution >= 0.6 is 0 Å². The molecule has 4 nitrogen and oxygen atoms in total. The maximum absolute atomic E-state index is 9.37. The molecule has 1 aromatic heterocycles. The van der Waals surface area contributed by atoms with Crippen LogP contribution in [0.2, 0.25) is 0 Å². The van der Waals surface area contributed by atoms with Crippen LogP contribution in [0, 0.1) is 0 Å². The minimum absolute atomic E-state index is 0.182. The maximum atomic E-state index is 9.37. The summed E-state index contributed by atoms with van der Waals surface area (Å²) in [4.78, 5) is 4.70. The number of aliphatic hydroxyl groups excluding tert-OH is 1. The van der Waals surface area contributed by atoms with E-state index in [1.807, 2.05) is 0 Å². The van der Waals surface area contributed by atoms with Crippen LogP contribution in [-0.2, 0) is 11.3 Å². The molecule has 0 radical (unpaired) electrons. The Kier molecular flexibility index (Phi) is 3.16. The molecular formula is C13H20N2O2. The predicted octanol–water partition coefficient (Wildman–Crippen LogP) is 1.99. The summed E-state index contributed by atoms with van der Waals surface area (Å²) in [7, 11) is 0. The molecule has 2 atom stereocenters. The zero-order chi connectivity index (χ0) is 11.7. The van der Waals surface area contributed by atoms with E-state index in [9.17, 15) is 5.11 Å². The molecule has 3 rings (SSSR count). The van der Waals surface area contributed by atoms with E-state index < -0.39 is 0 Å². The van der Waals surface area contributed by atoms with Gasteiger partial charge in [-0.3, -0.25) is 0 Å². The summed E-state index contributed by atoms with van der Waals surface area (Å²) in [6.45, 7) is 2.10. The average molecular weight is 236 g/mol. The average Bonchev–Trinajstić information content (AvgIpc) is 2.83. The number of nitrogens with zero attached hydrogens (tertiary/aromatic N) is 2. The lowest BCUT2D eigenvalue weighted by molar-refractivity contribution is 0.0124. The van der Waals surface area contributed by atoms with E-state index in [-0.39, 0.29) is 18.6 Å². The monoisotopic (exact) mass is 236 g/mol. The van der Waals surface area contributed by atoms with Crippen LogP contribution in [-0.4, -0.2) is 27.9 Å². The first-order valence-corrected chi connectivity index (χ1v) is 6.68. The highest BCUT2D eigenvalue weighted by atomic mass is 16.5. The molecule has 1 saturated heterocycles. The van der Waals surface area contributed by atoms with Crippen LogP contribution < -0.4 is 0 Å². The molecule has 4 heteroatoms. The standard InChI is InChI=1S/C13H20N2O2/c16-9-10-4-3-6-15-8-11(14-13(10)15)12-5-1-2-7-17-12/h8,10,12,16H,1-7,9H2. The van der Waals surface area contributed by atoms with Gasteiger partial charge in [0.15, 0.2) is 0 Å². The first-order chi connectivity index (χ1) is 8.38. The van der Waals surface area contributed by atoms with E-state index in [0.717, 1.165) is 43.9 Å². The molecule has 2 unspecified atom stereocenters. The molecule has 0 bridgehead atoms. The van der Waals surface area contributed by atoms with E-state index in [0.29, 0.717) is 0 Å². The Morgan fingerprint density at radius 3 is 3.06 bits per heavy atom. The summed E-state index contributed by atoms with van der Waals surface area (Å²) in [6.07, 6.45) is 7.99. The molecule has 17 heavy (non-hydrogen) atoms. The first kappa shape index (κ1) is 11.2. The van der Waals surface area contributed by atoms with Gasteiger partial charge in [-0.05, 0) is 32.1 Å². The number of imidazole rings is 1. The molecule has 0 spiro atoms. The van der Waals surface area contributed by atoms with Gasteiger partial charge in [0, 0.05) is 25.3 Å². The topological polar surface area (TPSA) is 47.3 Å². The highest BCUT2D eigenvalue weighted by molar-refractivity contribution is 5.13. The van der Waals surface area contributed by atoms with Crippen molar-refractivity contribution in [3.05, 3.63) is 17.7 Å². The van der Waals surface area contributed by atoms with Crippen molar-refractivity contribution in [1.82, 2.24) is 9.55 Å². The minimum Gasteiger partial charge on any atom is -0.396 e. The number of hydrogen-bond donors (Lipinski definition) is 1. The van der Waals surface area contributed by atoms with Gasteiger partial charge in [-0.1, -0.05) is 0 Å². The van der Waals surface area contributed by atoms with Crippen molar-refractivity contribution in [2.45, 2.75) is 50.7 Å². The molecule has 2 aliphatic rings. The quantitative estimate of drug-likeness (QED) is 0.854. The van der Waals surface area contributed by atoms with Crippen LogP contribution in [0.15, 0.2) is 6.20 Å². The zero-order valence-corrected chi connectivity index (χ0v) is 10.1. The number of aromatic nitrogens is 2. The van der Waals surface area contributed by atoms with Crippen LogP contribution in [0.1, 0.15) is 55.6 Å². The molecule has 0 aliphatic carbocycles. The Balaban J connectivity index is 1.84. The molecule has 1 aromatic rings. The minimum atomic E-state index is 0.182. The van der Waals surface area contributed by atoms with Gasteiger partial charge in [0.05, 0.1) is 12.3 Å². The van der Waals surface area contributed by atoms with Crippen molar-refractivity contribution >= 4 is 0 Å². The lowest BCUT2D eigenvalue weighted by atomic mass is 10.0. The Morgan fingerprint density at radius 1 is 1.35 bits per heavy atom. The number of aliphatic hydroxyl groups is 1. The van der Waals surface area contributed by atoms with E-state index in [4.69, 9.17) is 9.72 Å². The summed E-state index contributed by atoms with van der Waals surface area (Å²) >= 11 is 0. The summed E-state index contributed by atoms with van der Waals surface area (Å²) < 4.78 is 7.98. The third-order valence-corrected chi connectivity index (χ3v) is 3.87. The molecule has 3 heterocycles. The highest BCUT2D eigenvalue weighted by Crippen LogP contribution is 2.31. The highest BCUT2D eigenvalue weighted by Gasteiger charge is 2.26. The van der Waals surface area contributed by atoms with Crippen molar-refractivity contribution in [3.8, 4) is 0 Å². The Morgan fingerprint density at radius 2 is 2.29 bits per heavy atom. The second-order valence-corrected chi connectivity index (χ2v) is 5.09. The molecule has 0 amide bonds. The summed E-state index contributed by atoms with van der Waals surface area (Å²) in [5.74, 6) is 1.28. The smallest absolute Gasteiger partial charge is 0.114 e. The lowest BCUT2D eigenvalue weighted by Crippen LogP contribution is -2.18. The Hall–Kier alpha value is -0.870. The van der Waals surface area contributed by atoms with Gasteiger partial charge in [-0.2, -0.15) is 0 Å². The van der Waals surface area contributed by atoms with Crippen molar-refractivity contribution in [2.75, 3.05) is 13.2 Å². The SMILES string of the molecule is OCC1CCCn2cc(C3CCCCO3)nc21. The van der Waals surface area contributed by atoms with Crippen molar-refractivity contribution in [2.24, 2.45) is 0 Å². The Bertz CT molecular complexity index is 383. The van der Waals surface area contributed by atoms with Gasteiger partial charge in [0.2, 0.25) is 0 Å².